The minimum absolute atomic E-state index is 0.0287. The standard InChI is InChI=1S/C22H12ClN3O4S2/c23-16-6-3-7-18(26(29)30)15(16)11-31-22-24-17-9-8-12(10-19(17)32-22)25-20(27)13-4-1-2-5-14(13)21(25)28/h1-10H,11H2. The number of nitrogens with zero attached hydrogens (tertiary/aromatic N) is 3. The van der Waals surface area contributed by atoms with E-state index in [2.05, 4.69) is 4.98 Å². The molecule has 32 heavy (non-hydrogen) atoms. The maximum atomic E-state index is 12.7. The quantitative estimate of drug-likeness (QED) is 0.151. The van der Waals surface area contributed by atoms with Crippen molar-refractivity contribution in [3.05, 3.63) is 92.5 Å². The van der Waals surface area contributed by atoms with E-state index in [-0.39, 0.29) is 17.5 Å². The van der Waals surface area contributed by atoms with Crippen LogP contribution in [0.15, 0.2) is 65.0 Å². The van der Waals surface area contributed by atoms with Crippen LogP contribution in [0.2, 0.25) is 5.02 Å². The fraction of sp³-hybridized carbons (Fsp3) is 0.0455. The SMILES string of the molecule is O=C1c2ccccc2C(=O)N1c1ccc2nc(SCc3c(Cl)cccc3[N+](=O)[O-])sc2c1. The fourth-order valence-corrected chi connectivity index (χ4v) is 5.97. The van der Waals surface area contributed by atoms with Crippen molar-refractivity contribution in [3.8, 4) is 0 Å². The molecule has 7 nitrogen and oxygen atoms in total. The Kier molecular flexibility index (Phi) is 5.16. The molecule has 1 aromatic heterocycles. The van der Waals surface area contributed by atoms with Crippen LogP contribution in [0.4, 0.5) is 11.4 Å². The number of nitro benzene ring substituents is 1. The Morgan fingerprint density at radius 3 is 2.44 bits per heavy atom. The van der Waals surface area contributed by atoms with Gasteiger partial charge in [-0.3, -0.25) is 19.7 Å². The number of carbonyl (C=O) groups excluding carboxylic acids is 2. The summed E-state index contributed by atoms with van der Waals surface area (Å²) in [5.74, 6) is -0.411. The molecule has 2 amide bonds. The average molecular weight is 482 g/mol. The van der Waals surface area contributed by atoms with E-state index >= 15 is 0 Å². The molecule has 0 unspecified atom stereocenters. The number of carbonyl (C=O) groups is 2. The van der Waals surface area contributed by atoms with Crippen molar-refractivity contribution in [2.45, 2.75) is 10.1 Å². The summed E-state index contributed by atoms with van der Waals surface area (Å²) in [5.41, 5.74) is 2.38. The smallest absolute Gasteiger partial charge is 0.268 e. The maximum Gasteiger partial charge on any atom is 0.274 e. The van der Waals surface area contributed by atoms with Crippen LogP contribution >= 0.6 is 34.7 Å². The van der Waals surface area contributed by atoms with Gasteiger partial charge in [0.2, 0.25) is 0 Å². The van der Waals surface area contributed by atoms with E-state index in [4.69, 9.17) is 11.6 Å². The average Bonchev–Trinajstić information content (AvgIpc) is 3.30. The number of thiazole rings is 1. The molecular formula is C22H12ClN3O4S2. The van der Waals surface area contributed by atoms with Gasteiger partial charge in [-0.1, -0.05) is 41.6 Å². The Morgan fingerprint density at radius 2 is 1.75 bits per heavy atom. The van der Waals surface area contributed by atoms with Crippen molar-refractivity contribution in [2.24, 2.45) is 0 Å². The molecule has 158 valence electrons. The Bertz CT molecular complexity index is 1400. The largest absolute Gasteiger partial charge is 0.274 e. The third-order valence-corrected chi connectivity index (χ3v) is 7.58. The maximum absolute atomic E-state index is 12.7. The molecule has 0 spiro atoms. The molecule has 0 aliphatic carbocycles. The molecule has 0 saturated heterocycles. The predicted octanol–water partition coefficient (Wildman–Crippen LogP) is 5.95. The summed E-state index contributed by atoms with van der Waals surface area (Å²) in [6, 6.07) is 16.5. The number of rotatable bonds is 5. The van der Waals surface area contributed by atoms with Gasteiger partial charge in [-0.15, -0.1) is 11.3 Å². The molecule has 4 aromatic rings. The molecule has 2 heterocycles. The lowest BCUT2D eigenvalue weighted by atomic mass is 10.1. The van der Waals surface area contributed by atoms with Crippen LogP contribution in [0, 0.1) is 10.1 Å². The summed E-state index contributed by atoms with van der Waals surface area (Å²) >= 11 is 8.90. The predicted molar refractivity (Wildman–Crippen MR) is 125 cm³/mol. The summed E-state index contributed by atoms with van der Waals surface area (Å²) < 4.78 is 1.50. The Balaban J connectivity index is 1.42. The van der Waals surface area contributed by atoms with Crippen LogP contribution in [0.1, 0.15) is 26.3 Å². The molecule has 10 heteroatoms. The normalized spacial score (nSPS) is 13.1. The first-order valence-electron chi connectivity index (χ1n) is 9.37. The second kappa shape index (κ2) is 8.01. The first-order valence-corrected chi connectivity index (χ1v) is 11.5. The van der Waals surface area contributed by atoms with Gasteiger partial charge in [-0.05, 0) is 36.4 Å². The highest BCUT2D eigenvalue weighted by Gasteiger charge is 2.36. The number of amides is 2. The lowest BCUT2D eigenvalue weighted by Crippen LogP contribution is -2.29. The Labute approximate surface area is 194 Å². The lowest BCUT2D eigenvalue weighted by Gasteiger charge is -2.13. The Hall–Kier alpha value is -3.27. The second-order valence-electron chi connectivity index (χ2n) is 6.91. The van der Waals surface area contributed by atoms with Crippen molar-refractivity contribution in [2.75, 3.05) is 4.90 Å². The van der Waals surface area contributed by atoms with Crippen molar-refractivity contribution in [3.63, 3.8) is 0 Å². The topological polar surface area (TPSA) is 93.4 Å². The number of halogens is 1. The number of nitro groups is 1. The number of fused-ring (bicyclic) bond motifs is 2. The molecule has 3 aromatic carbocycles. The van der Waals surface area contributed by atoms with Crippen LogP contribution in [0.5, 0.6) is 0 Å². The highest BCUT2D eigenvalue weighted by Crippen LogP contribution is 2.38. The molecule has 0 N–H and O–H groups in total. The third kappa shape index (κ3) is 3.44. The van der Waals surface area contributed by atoms with Crippen LogP contribution in [-0.2, 0) is 5.75 Å². The van der Waals surface area contributed by atoms with Crippen molar-refractivity contribution in [1.82, 2.24) is 4.98 Å². The molecule has 5 rings (SSSR count). The molecule has 0 atom stereocenters. The minimum atomic E-state index is -0.450. The summed E-state index contributed by atoms with van der Waals surface area (Å²) in [5, 5.41) is 11.6. The van der Waals surface area contributed by atoms with E-state index in [1.54, 1.807) is 54.6 Å². The molecule has 0 bridgehead atoms. The first kappa shape index (κ1) is 20.6. The van der Waals surface area contributed by atoms with Gasteiger partial charge in [0.15, 0.2) is 4.34 Å². The zero-order chi connectivity index (χ0) is 22.4. The molecule has 0 fully saturated rings. The van der Waals surface area contributed by atoms with Crippen LogP contribution < -0.4 is 4.90 Å². The summed E-state index contributed by atoms with van der Waals surface area (Å²) in [6.45, 7) is 0. The number of hydrogen-bond acceptors (Lipinski definition) is 7. The van der Waals surface area contributed by atoms with E-state index in [0.29, 0.717) is 43.0 Å². The fourth-order valence-electron chi connectivity index (χ4n) is 3.51. The van der Waals surface area contributed by atoms with E-state index in [9.17, 15) is 19.7 Å². The number of anilines is 1. The van der Waals surface area contributed by atoms with Gasteiger partial charge in [-0.2, -0.15) is 0 Å². The van der Waals surface area contributed by atoms with Gasteiger partial charge in [0, 0.05) is 11.8 Å². The van der Waals surface area contributed by atoms with Crippen molar-refractivity contribution in [1.29, 1.82) is 0 Å². The molecular weight excluding hydrogens is 470 g/mol. The van der Waals surface area contributed by atoms with Gasteiger partial charge in [-0.25, -0.2) is 9.88 Å². The van der Waals surface area contributed by atoms with Gasteiger partial charge in [0.05, 0.1) is 42.5 Å². The second-order valence-corrected chi connectivity index (χ2v) is 9.57. The minimum Gasteiger partial charge on any atom is -0.268 e. The molecule has 0 saturated carbocycles. The van der Waals surface area contributed by atoms with E-state index in [0.717, 1.165) is 4.70 Å². The summed E-state index contributed by atoms with van der Waals surface area (Å²) in [6.07, 6.45) is 0. The van der Waals surface area contributed by atoms with Crippen LogP contribution in [0.25, 0.3) is 10.2 Å². The van der Waals surface area contributed by atoms with Crippen LogP contribution in [0.3, 0.4) is 0 Å². The molecule has 0 radical (unpaired) electrons. The van der Waals surface area contributed by atoms with Gasteiger partial charge in [0.25, 0.3) is 17.5 Å². The number of thioether (sulfide) groups is 1. The van der Waals surface area contributed by atoms with Crippen molar-refractivity contribution < 1.29 is 14.5 Å². The summed E-state index contributed by atoms with van der Waals surface area (Å²) in [4.78, 5) is 42.1. The summed E-state index contributed by atoms with van der Waals surface area (Å²) in [7, 11) is 0. The van der Waals surface area contributed by atoms with E-state index < -0.39 is 4.92 Å². The monoisotopic (exact) mass is 481 g/mol. The zero-order valence-electron chi connectivity index (χ0n) is 16.1. The van der Waals surface area contributed by atoms with Gasteiger partial charge < -0.3 is 0 Å². The number of imide groups is 1. The van der Waals surface area contributed by atoms with E-state index in [1.807, 2.05) is 0 Å². The first-order chi connectivity index (χ1) is 15.4. The van der Waals surface area contributed by atoms with Crippen LogP contribution in [-0.4, -0.2) is 21.7 Å². The van der Waals surface area contributed by atoms with E-state index in [1.165, 1.54) is 34.1 Å². The highest BCUT2D eigenvalue weighted by atomic mass is 35.5. The van der Waals surface area contributed by atoms with Gasteiger partial charge in [0.1, 0.15) is 0 Å². The Morgan fingerprint density at radius 1 is 1.03 bits per heavy atom. The number of benzene rings is 3. The molecule has 1 aliphatic heterocycles. The van der Waals surface area contributed by atoms with Crippen molar-refractivity contribution >= 4 is 68.1 Å². The highest BCUT2D eigenvalue weighted by molar-refractivity contribution is 8.00. The molecule has 1 aliphatic rings. The number of aromatic nitrogens is 1. The zero-order valence-corrected chi connectivity index (χ0v) is 18.5. The lowest BCUT2D eigenvalue weighted by molar-refractivity contribution is -0.385. The van der Waals surface area contributed by atoms with Gasteiger partial charge >= 0.3 is 0 Å². The number of hydrogen-bond donors (Lipinski definition) is 0. The third-order valence-electron chi connectivity index (χ3n) is 5.04.